The Labute approximate surface area is 238 Å². The van der Waals surface area contributed by atoms with Gasteiger partial charge in [-0.05, 0) is 80.1 Å². The lowest BCUT2D eigenvalue weighted by molar-refractivity contribution is -0.710. The van der Waals surface area contributed by atoms with Gasteiger partial charge in [-0.15, -0.1) is 0 Å². The number of benzene rings is 3. The minimum Gasteiger partial charge on any atom is -0.477 e. The van der Waals surface area contributed by atoms with Gasteiger partial charge in [-0.3, -0.25) is 0 Å². The van der Waals surface area contributed by atoms with Gasteiger partial charge in [-0.1, -0.05) is 47.3 Å². The van der Waals surface area contributed by atoms with Gasteiger partial charge in [0.2, 0.25) is 6.04 Å². The van der Waals surface area contributed by atoms with E-state index in [9.17, 15) is 31.1 Å². The first-order chi connectivity index (χ1) is 17.9. The SMILES string of the molecule is NCCCC[C@@H](C(=O)O)[N+](Cc1ccc(F)cc1)(S(=O)(=O)c1ccc(Br)cc1)S(=O)(=O)c1ccc(Br)cc1. The lowest BCUT2D eigenvalue weighted by Gasteiger charge is -2.39. The molecule has 0 aliphatic carbocycles. The van der Waals surface area contributed by atoms with Gasteiger partial charge in [0.25, 0.3) is 0 Å². The number of carboxylic acids is 1. The maximum atomic E-state index is 14.5. The Kier molecular flexibility index (Phi) is 9.87. The second-order valence-electron chi connectivity index (χ2n) is 8.51. The predicted octanol–water partition coefficient (Wildman–Crippen LogP) is 5.03. The van der Waals surface area contributed by atoms with Gasteiger partial charge >= 0.3 is 26.0 Å². The van der Waals surface area contributed by atoms with Crippen LogP contribution in [0.5, 0.6) is 0 Å². The maximum absolute atomic E-state index is 14.5. The van der Waals surface area contributed by atoms with E-state index in [2.05, 4.69) is 31.9 Å². The molecule has 0 bridgehead atoms. The van der Waals surface area contributed by atoms with Gasteiger partial charge in [0.05, 0.1) is 0 Å². The minimum atomic E-state index is -4.97. The number of rotatable bonds is 12. The lowest BCUT2D eigenvalue weighted by atomic mass is 10.1. The van der Waals surface area contributed by atoms with Gasteiger partial charge in [-0.25, -0.2) is 9.18 Å². The van der Waals surface area contributed by atoms with E-state index in [0.29, 0.717) is 15.4 Å². The summed E-state index contributed by atoms with van der Waals surface area (Å²) in [6, 6.07) is 13.2. The molecule has 38 heavy (non-hydrogen) atoms. The minimum absolute atomic E-state index is 0.123. The van der Waals surface area contributed by atoms with Crippen molar-refractivity contribution in [3.63, 3.8) is 0 Å². The van der Waals surface area contributed by atoms with E-state index in [1.807, 2.05) is 0 Å². The average Bonchev–Trinajstić information content (AvgIpc) is 2.87. The number of carbonyl (C=O) groups is 1. The number of hydrogen-bond donors (Lipinski definition) is 2. The molecule has 0 heterocycles. The summed E-state index contributed by atoms with van der Waals surface area (Å²) < 4.78 is 71.0. The molecule has 3 aromatic carbocycles. The molecule has 3 aromatic rings. The normalized spacial score (nSPS) is 13.3. The standard InChI is InChI=1S/C25H25Br2FN2O6S2/c26-19-6-12-22(13-7-19)37(33,34)30(17-18-4-10-21(28)11-5-18,24(25(31)32)3-1-2-16-29)38(35,36)23-14-8-20(27)9-15-23/h4-15,24H,1-3,16-17,29H2/p+1/t24-/m0/s1. The van der Waals surface area contributed by atoms with Crippen molar-refractivity contribution in [2.45, 2.75) is 41.6 Å². The molecule has 3 N–H and O–H groups in total. The van der Waals surface area contributed by atoms with Crippen LogP contribution in [-0.4, -0.2) is 43.8 Å². The number of sulfonamides is 2. The Morgan fingerprint density at radius 1 is 0.816 bits per heavy atom. The van der Waals surface area contributed by atoms with Crippen molar-refractivity contribution in [3.05, 3.63) is 93.1 Å². The van der Waals surface area contributed by atoms with Crippen LogP contribution in [0.3, 0.4) is 0 Å². The Hall–Kier alpha value is -2.16. The van der Waals surface area contributed by atoms with E-state index in [1.165, 1.54) is 60.7 Å². The van der Waals surface area contributed by atoms with E-state index in [-0.39, 0.29) is 34.7 Å². The highest BCUT2D eigenvalue weighted by molar-refractivity contribution is 9.10. The summed E-state index contributed by atoms with van der Waals surface area (Å²) in [5, 5.41) is 10.4. The number of carboxylic acid groups (broad SMARTS) is 1. The first-order valence-corrected chi connectivity index (χ1v) is 15.9. The van der Waals surface area contributed by atoms with Crippen molar-refractivity contribution >= 4 is 57.9 Å². The quantitative estimate of drug-likeness (QED) is 0.201. The third-order valence-corrected chi connectivity index (χ3v) is 12.4. The van der Waals surface area contributed by atoms with Crippen LogP contribution in [0.4, 0.5) is 4.39 Å². The fourth-order valence-electron chi connectivity index (χ4n) is 4.13. The Balaban J connectivity index is 2.46. The first kappa shape index (κ1) is 30.4. The molecule has 204 valence electrons. The average molecular weight is 693 g/mol. The number of aliphatic carboxylic acids is 1. The Morgan fingerprint density at radius 3 is 1.66 bits per heavy atom. The van der Waals surface area contributed by atoms with E-state index < -0.39 is 47.7 Å². The summed E-state index contributed by atoms with van der Waals surface area (Å²) in [5.41, 5.74) is 5.71. The van der Waals surface area contributed by atoms with Crippen molar-refractivity contribution in [2.24, 2.45) is 5.73 Å². The van der Waals surface area contributed by atoms with E-state index in [0.717, 1.165) is 12.1 Å². The zero-order valence-electron chi connectivity index (χ0n) is 20.0. The molecule has 0 saturated carbocycles. The number of hydrogen-bond acceptors (Lipinski definition) is 6. The van der Waals surface area contributed by atoms with Crippen LogP contribution in [0.15, 0.2) is 91.5 Å². The summed E-state index contributed by atoms with van der Waals surface area (Å²) in [4.78, 5) is 12.0. The summed E-state index contributed by atoms with van der Waals surface area (Å²) in [6.07, 6.45) is 0.235. The molecule has 1 atom stereocenters. The second kappa shape index (κ2) is 12.3. The Morgan fingerprint density at radius 2 is 1.26 bits per heavy atom. The number of halogens is 3. The van der Waals surface area contributed by atoms with Crippen molar-refractivity contribution < 1.29 is 34.4 Å². The summed E-state index contributed by atoms with van der Waals surface area (Å²) in [6.45, 7) is -0.570. The molecule has 0 unspecified atom stereocenters. The zero-order chi connectivity index (χ0) is 28.1. The van der Waals surface area contributed by atoms with Gasteiger partial charge in [-0.2, -0.15) is 16.8 Å². The third-order valence-electron chi connectivity index (χ3n) is 6.04. The third kappa shape index (κ3) is 6.02. The summed E-state index contributed by atoms with van der Waals surface area (Å²) >= 11 is 6.47. The molecule has 0 radical (unpaired) electrons. The Bertz CT molecular complexity index is 1410. The van der Waals surface area contributed by atoms with Crippen molar-refractivity contribution in [2.75, 3.05) is 6.54 Å². The fraction of sp³-hybridized carbons (Fsp3) is 0.240. The molecule has 0 aliphatic rings. The largest absolute Gasteiger partial charge is 0.477 e. The molecule has 0 fully saturated rings. The van der Waals surface area contributed by atoms with E-state index in [4.69, 9.17) is 5.73 Å². The number of nitrogens with two attached hydrogens (primary N) is 1. The van der Waals surface area contributed by atoms with Crippen LogP contribution in [-0.2, 0) is 31.4 Å². The number of unbranched alkanes of at least 4 members (excludes halogenated alkanes) is 1. The van der Waals surface area contributed by atoms with E-state index >= 15 is 0 Å². The van der Waals surface area contributed by atoms with Gasteiger partial charge < -0.3 is 10.8 Å². The summed E-state index contributed by atoms with van der Waals surface area (Å²) in [5.74, 6) is -2.22. The van der Waals surface area contributed by atoms with Crippen LogP contribution < -0.4 is 5.73 Å². The highest BCUT2D eigenvalue weighted by Crippen LogP contribution is 2.41. The molecule has 3 rings (SSSR count). The van der Waals surface area contributed by atoms with Gasteiger partial charge in [0.15, 0.2) is 0 Å². The second-order valence-corrected chi connectivity index (χ2v) is 14.7. The molecular formula is C25H26Br2FN2O6S2+. The molecule has 13 heteroatoms. The number of nitrogens with zero attached hydrogens (tertiary/aromatic N) is 1. The molecule has 0 saturated heterocycles. The zero-order valence-corrected chi connectivity index (χ0v) is 24.8. The molecule has 0 spiro atoms. The maximum Gasteiger partial charge on any atom is 0.365 e. The number of quaternary nitrogens is 1. The van der Waals surface area contributed by atoms with Crippen LogP contribution in [0, 0.1) is 5.82 Å². The highest BCUT2D eigenvalue weighted by Gasteiger charge is 2.62. The topological polar surface area (TPSA) is 132 Å². The molecule has 0 aromatic heterocycles. The lowest BCUT2D eigenvalue weighted by Crippen LogP contribution is -2.64. The molecular weight excluding hydrogens is 667 g/mol. The molecule has 0 amide bonds. The highest BCUT2D eigenvalue weighted by atomic mass is 79.9. The van der Waals surface area contributed by atoms with E-state index in [1.54, 1.807) is 0 Å². The van der Waals surface area contributed by atoms with Crippen LogP contribution in [0.1, 0.15) is 24.8 Å². The summed E-state index contributed by atoms with van der Waals surface area (Å²) in [7, 11) is -9.95. The monoisotopic (exact) mass is 691 g/mol. The van der Waals surface area contributed by atoms with Crippen molar-refractivity contribution in [1.29, 1.82) is 0 Å². The van der Waals surface area contributed by atoms with Gasteiger partial charge in [0.1, 0.15) is 22.2 Å². The molecule has 0 aliphatic heterocycles. The van der Waals surface area contributed by atoms with Crippen LogP contribution in [0.2, 0.25) is 0 Å². The van der Waals surface area contributed by atoms with Crippen LogP contribution in [0.25, 0.3) is 0 Å². The van der Waals surface area contributed by atoms with Crippen molar-refractivity contribution in [3.8, 4) is 0 Å². The first-order valence-electron chi connectivity index (χ1n) is 11.4. The van der Waals surface area contributed by atoms with Crippen LogP contribution >= 0.6 is 31.9 Å². The predicted molar refractivity (Wildman–Crippen MR) is 147 cm³/mol. The van der Waals surface area contributed by atoms with Crippen molar-refractivity contribution in [1.82, 2.24) is 0 Å². The van der Waals surface area contributed by atoms with Gasteiger partial charge in [0, 0.05) is 20.9 Å². The smallest absolute Gasteiger partial charge is 0.365 e. The molecule has 8 nitrogen and oxygen atoms in total. The fourth-order valence-corrected chi connectivity index (χ4v) is 9.58.